The number of amides is 2. The third kappa shape index (κ3) is 3.49. The highest BCUT2D eigenvalue weighted by atomic mass is 16.6. The van der Waals surface area contributed by atoms with E-state index in [1.165, 1.54) is 4.90 Å². The Morgan fingerprint density at radius 1 is 1.45 bits per heavy atom. The van der Waals surface area contributed by atoms with E-state index in [0.29, 0.717) is 12.3 Å². The molecule has 110 valence electrons. The van der Waals surface area contributed by atoms with Crippen molar-refractivity contribution >= 4 is 6.03 Å². The molecule has 0 saturated heterocycles. The second-order valence-corrected chi connectivity index (χ2v) is 6.00. The molecule has 20 heavy (non-hydrogen) atoms. The Morgan fingerprint density at radius 2 is 2.15 bits per heavy atom. The predicted molar refractivity (Wildman–Crippen MR) is 76.8 cm³/mol. The number of ether oxygens (including phenoxy) is 2. The van der Waals surface area contributed by atoms with Gasteiger partial charge in [-0.3, -0.25) is 4.90 Å². The number of hydrogen-bond acceptors (Lipinski definition) is 3. The summed E-state index contributed by atoms with van der Waals surface area (Å²) in [5, 5.41) is 2.71. The normalized spacial score (nSPS) is 26.8. The minimum absolute atomic E-state index is 0.133. The zero-order valence-electron chi connectivity index (χ0n) is 12.5. The van der Waals surface area contributed by atoms with Gasteiger partial charge in [-0.15, -0.1) is 0 Å². The summed E-state index contributed by atoms with van der Waals surface area (Å²) in [7, 11) is 0. The largest absolute Gasteiger partial charge is 0.373 e. The fourth-order valence-electron chi connectivity index (χ4n) is 1.90. The van der Waals surface area contributed by atoms with E-state index in [4.69, 9.17) is 9.47 Å². The van der Waals surface area contributed by atoms with Crippen LogP contribution in [0, 0.1) is 0 Å². The first-order valence-electron chi connectivity index (χ1n) is 6.71. The molecule has 1 N–H and O–H groups in total. The Bertz CT molecular complexity index is 474. The predicted octanol–water partition coefficient (Wildman–Crippen LogP) is 2.53. The van der Waals surface area contributed by atoms with Gasteiger partial charge < -0.3 is 14.8 Å². The molecule has 2 amide bonds. The van der Waals surface area contributed by atoms with Gasteiger partial charge >= 0.3 is 6.03 Å². The van der Waals surface area contributed by atoms with Crippen molar-refractivity contribution in [3.63, 3.8) is 0 Å². The molecule has 5 nitrogen and oxygen atoms in total. The van der Waals surface area contributed by atoms with Crippen molar-refractivity contribution in [3.05, 3.63) is 36.2 Å². The highest BCUT2D eigenvalue weighted by Gasteiger charge is 2.30. The summed E-state index contributed by atoms with van der Waals surface area (Å²) in [6, 6.07) is -0.229. The fraction of sp³-hybridized carbons (Fsp3) is 0.533. The number of hydrogen-bond donors (Lipinski definition) is 1. The van der Waals surface area contributed by atoms with Crippen LogP contribution in [0.25, 0.3) is 0 Å². The Morgan fingerprint density at radius 3 is 2.80 bits per heavy atom. The van der Waals surface area contributed by atoms with Gasteiger partial charge in [0.1, 0.15) is 6.10 Å². The van der Waals surface area contributed by atoms with Gasteiger partial charge in [0.2, 0.25) is 0 Å². The summed E-state index contributed by atoms with van der Waals surface area (Å²) >= 11 is 0. The third-order valence-corrected chi connectivity index (χ3v) is 3.06. The zero-order chi connectivity index (χ0) is 14.9. The van der Waals surface area contributed by atoms with Crippen molar-refractivity contribution in [1.82, 2.24) is 10.2 Å². The molecular formula is C15H22N2O3. The minimum atomic E-state index is -0.397. The number of allylic oxidation sites excluding steroid dienone is 1. The van der Waals surface area contributed by atoms with E-state index in [1.807, 2.05) is 39.8 Å². The van der Waals surface area contributed by atoms with E-state index in [-0.39, 0.29) is 17.7 Å². The Labute approximate surface area is 119 Å². The first-order chi connectivity index (χ1) is 9.26. The molecule has 0 fully saturated rings. The van der Waals surface area contributed by atoms with Crippen LogP contribution in [-0.2, 0) is 9.47 Å². The van der Waals surface area contributed by atoms with Crippen molar-refractivity contribution in [2.45, 2.75) is 45.6 Å². The Kier molecular flexibility index (Phi) is 4.01. The van der Waals surface area contributed by atoms with Crippen LogP contribution < -0.4 is 5.32 Å². The molecule has 0 aliphatic carbocycles. The molecule has 0 aromatic rings. The lowest BCUT2D eigenvalue weighted by Crippen LogP contribution is -2.45. The standard InChI is InChI=1S/C15H22N2O3/c1-10-8-17(14(18)16-11(10)2)13-7-6-12(20-13)9-19-15(3,4)5/h6-8,12-13H,2,9H2,1,3-5H3,(H,16,18)/t12-,13+/m0/s1. The molecule has 5 heteroatoms. The summed E-state index contributed by atoms with van der Waals surface area (Å²) < 4.78 is 11.5. The number of urea groups is 1. The number of rotatable bonds is 3. The molecule has 2 atom stereocenters. The van der Waals surface area contributed by atoms with Crippen LogP contribution in [0.1, 0.15) is 27.7 Å². The maximum atomic E-state index is 11.9. The molecule has 2 heterocycles. The van der Waals surface area contributed by atoms with Gasteiger partial charge in [0.15, 0.2) is 6.23 Å². The van der Waals surface area contributed by atoms with Crippen LogP contribution in [0.2, 0.25) is 0 Å². The minimum Gasteiger partial charge on any atom is -0.373 e. The molecule has 0 radical (unpaired) electrons. The topological polar surface area (TPSA) is 50.8 Å². The second-order valence-electron chi connectivity index (χ2n) is 6.00. The van der Waals surface area contributed by atoms with Gasteiger partial charge in [0.25, 0.3) is 0 Å². The van der Waals surface area contributed by atoms with Gasteiger partial charge in [0, 0.05) is 11.9 Å². The molecule has 0 aromatic carbocycles. The van der Waals surface area contributed by atoms with Crippen molar-refractivity contribution in [2.75, 3.05) is 6.61 Å². The Hall–Kier alpha value is -1.59. The molecule has 2 aliphatic heterocycles. The highest BCUT2D eigenvalue weighted by Crippen LogP contribution is 2.22. The summed E-state index contributed by atoms with van der Waals surface area (Å²) in [6.07, 6.45) is 5.02. The van der Waals surface area contributed by atoms with Crippen LogP contribution >= 0.6 is 0 Å². The third-order valence-electron chi connectivity index (χ3n) is 3.06. The molecule has 2 rings (SSSR count). The summed E-state index contributed by atoms with van der Waals surface area (Å²) in [6.45, 7) is 12.1. The smallest absolute Gasteiger partial charge is 0.328 e. The lowest BCUT2D eigenvalue weighted by atomic mass is 10.2. The van der Waals surface area contributed by atoms with Crippen LogP contribution in [-0.4, -0.2) is 35.5 Å². The van der Waals surface area contributed by atoms with Gasteiger partial charge in [0.05, 0.1) is 12.2 Å². The first kappa shape index (κ1) is 14.8. The van der Waals surface area contributed by atoms with Crippen molar-refractivity contribution in [2.24, 2.45) is 0 Å². The van der Waals surface area contributed by atoms with Crippen LogP contribution in [0.5, 0.6) is 0 Å². The van der Waals surface area contributed by atoms with Crippen molar-refractivity contribution in [3.8, 4) is 0 Å². The molecule has 0 saturated carbocycles. The quantitative estimate of drug-likeness (QED) is 0.807. The summed E-state index contributed by atoms with van der Waals surface area (Å²) in [5.74, 6) is 0. The van der Waals surface area contributed by atoms with Gasteiger partial charge in [-0.1, -0.05) is 12.7 Å². The van der Waals surface area contributed by atoms with Gasteiger partial charge in [-0.05, 0) is 39.3 Å². The zero-order valence-corrected chi connectivity index (χ0v) is 12.5. The monoisotopic (exact) mass is 278 g/mol. The van der Waals surface area contributed by atoms with Gasteiger partial charge in [-0.2, -0.15) is 0 Å². The van der Waals surface area contributed by atoms with E-state index in [1.54, 1.807) is 6.20 Å². The molecule has 0 spiro atoms. The molecule has 0 unspecified atom stereocenters. The molecule has 0 bridgehead atoms. The average molecular weight is 278 g/mol. The van der Waals surface area contributed by atoms with E-state index in [9.17, 15) is 4.79 Å². The van der Waals surface area contributed by atoms with Crippen molar-refractivity contribution in [1.29, 1.82) is 0 Å². The lowest BCUT2D eigenvalue weighted by Gasteiger charge is -2.30. The van der Waals surface area contributed by atoms with Crippen molar-refractivity contribution < 1.29 is 14.3 Å². The number of carbonyl (C=O) groups excluding carboxylic acids is 1. The van der Waals surface area contributed by atoms with Crippen LogP contribution in [0.3, 0.4) is 0 Å². The molecule has 2 aliphatic rings. The average Bonchev–Trinajstić information content (AvgIpc) is 2.79. The number of nitrogens with zero attached hydrogens (tertiary/aromatic N) is 1. The number of nitrogens with one attached hydrogen (secondary N) is 1. The van der Waals surface area contributed by atoms with Crippen LogP contribution in [0.4, 0.5) is 4.79 Å². The Balaban J connectivity index is 1.95. The van der Waals surface area contributed by atoms with Crippen LogP contribution in [0.15, 0.2) is 36.2 Å². The first-order valence-corrected chi connectivity index (χ1v) is 6.71. The summed E-state index contributed by atoms with van der Waals surface area (Å²) in [4.78, 5) is 13.5. The van der Waals surface area contributed by atoms with E-state index in [0.717, 1.165) is 5.57 Å². The SMILES string of the molecule is C=C1NC(=O)N([C@H]2C=C[C@@H](COC(C)(C)C)O2)C=C1C. The maximum Gasteiger partial charge on any atom is 0.328 e. The van der Waals surface area contributed by atoms with E-state index < -0.39 is 6.23 Å². The molecular weight excluding hydrogens is 256 g/mol. The second kappa shape index (κ2) is 5.42. The maximum absolute atomic E-state index is 11.9. The summed E-state index contributed by atoms with van der Waals surface area (Å²) in [5.41, 5.74) is 1.34. The highest BCUT2D eigenvalue weighted by molar-refractivity contribution is 5.80. The number of carbonyl (C=O) groups is 1. The molecule has 0 aromatic heterocycles. The fourth-order valence-corrected chi connectivity index (χ4v) is 1.90. The van der Waals surface area contributed by atoms with E-state index >= 15 is 0 Å². The van der Waals surface area contributed by atoms with Gasteiger partial charge in [-0.25, -0.2) is 4.79 Å². The lowest BCUT2D eigenvalue weighted by molar-refractivity contribution is -0.0789. The van der Waals surface area contributed by atoms with E-state index in [2.05, 4.69) is 11.9 Å².